The molecule has 0 fully saturated rings. The van der Waals surface area contributed by atoms with Crippen LogP contribution in [0.15, 0.2) is 12.1 Å². The summed E-state index contributed by atoms with van der Waals surface area (Å²) < 4.78 is 6.89. The molecule has 1 heterocycles. The Morgan fingerprint density at radius 3 is 1.79 bits per heavy atom. The molecule has 0 saturated heterocycles. The third-order valence-corrected chi connectivity index (χ3v) is 7.45. The van der Waals surface area contributed by atoms with E-state index in [1.165, 1.54) is 27.1 Å². The van der Waals surface area contributed by atoms with E-state index in [1.54, 1.807) is 20.7 Å². The highest BCUT2D eigenvalue weighted by molar-refractivity contribution is 7.80. The van der Waals surface area contributed by atoms with Gasteiger partial charge in [0, 0.05) is 5.56 Å². The molecule has 1 aromatic carbocycles. The average Bonchev–Trinajstić information content (AvgIpc) is 2.76. The summed E-state index contributed by atoms with van der Waals surface area (Å²) in [5, 5.41) is 0. The van der Waals surface area contributed by atoms with Crippen molar-refractivity contribution in [2.45, 2.75) is 66.2 Å². The van der Waals surface area contributed by atoms with Gasteiger partial charge in [0.1, 0.15) is 9.57 Å². The lowest BCUT2D eigenvalue weighted by molar-refractivity contribution is 0.338. The minimum absolute atomic E-state index is 0.0329. The third-order valence-electron chi connectivity index (χ3n) is 4.11. The van der Waals surface area contributed by atoms with Gasteiger partial charge in [-0.05, 0) is 53.5 Å². The van der Waals surface area contributed by atoms with Crippen molar-refractivity contribution in [2.75, 3.05) is 6.61 Å². The van der Waals surface area contributed by atoms with Gasteiger partial charge in [0.15, 0.2) is 0 Å². The Balaban J connectivity index is 2.93. The van der Waals surface area contributed by atoms with E-state index in [0.29, 0.717) is 6.61 Å². The SMILES string of the molecule is CCOc1cc(C(C)(C)C)c(-c2ssc(=S)c2C)c(C(C)(C)C)c1. The maximum absolute atomic E-state index is 5.89. The number of benzene rings is 1. The highest BCUT2D eigenvalue weighted by Gasteiger charge is 2.29. The van der Waals surface area contributed by atoms with Crippen LogP contribution in [0.4, 0.5) is 0 Å². The Hall–Kier alpha value is -0.710. The fraction of sp³-hybridized carbons (Fsp3) is 0.550. The van der Waals surface area contributed by atoms with Gasteiger partial charge in [0.25, 0.3) is 0 Å². The van der Waals surface area contributed by atoms with Crippen LogP contribution < -0.4 is 4.74 Å². The minimum Gasteiger partial charge on any atom is -0.494 e. The van der Waals surface area contributed by atoms with E-state index in [-0.39, 0.29) is 10.8 Å². The maximum atomic E-state index is 5.89. The molecule has 0 spiro atoms. The van der Waals surface area contributed by atoms with Gasteiger partial charge in [0.2, 0.25) is 0 Å². The lowest BCUT2D eigenvalue weighted by atomic mass is 9.75. The van der Waals surface area contributed by atoms with Gasteiger partial charge >= 0.3 is 0 Å². The first-order valence-corrected chi connectivity index (χ1v) is 10.9. The Kier molecular flexibility index (Phi) is 5.63. The van der Waals surface area contributed by atoms with E-state index in [4.69, 9.17) is 17.0 Å². The van der Waals surface area contributed by atoms with Crippen LogP contribution in [-0.4, -0.2) is 6.61 Å². The highest BCUT2D eigenvalue weighted by atomic mass is 32.9. The second kappa shape index (κ2) is 6.89. The average molecular weight is 381 g/mol. The Morgan fingerprint density at radius 1 is 0.958 bits per heavy atom. The molecule has 0 bridgehead atoms. The van der Waals surface area contributed by atoms with E-state index < -0.39 is 0 Å². The van der Waals surface area contributed by atoms with Crippen molar-refractivity contribution in [1.29, 1.82) is 0 Å². The molecule has 0 N–H and O–H groups in total. The normalized spacial score (nSPS) is 12.5. The molecule has 0 aliphatic heterocycles. The molecule has 1 nitrogen and oxygen atoms in total. The third kappa shape index (κ3) is 3.92. The van der Waals surface area contributed by atoms with Crippen molar-refractivity contribution >= 4 is 32.9 Å². The van der Waals surface area contributed by atoms with Crippen LogP contribution in [0, 0.1) is 10.7 Å². The van der Waals surface area contributed by atoms with Crippen LogP contribution in [0.1, 0.15) is 65.2 Å². The number of hydrogen-bond donors (Lipinski definition) is 0. The smallest absolute Gasteiger partial charge is 0.119 e. The first-order chi connectivity index (χ1) is 11.0. The van der Waals surface area contributed by atoms with Gasteiger partial charge in [-0.15, -0.1) is 0 Å². The van der Waals surface area contributed by atoms with Crippen LogP contribution in [-0.2, 0) is 10.8 Å². The maximum Gasteiger partial charge on any atom is 0.119 e. The van der Waals surface area contributed by atoms with Crippen molar-refractivity contribution in [3.05, 3.63) is 32.6 Å². The summed E-state index contributed by atoms with van der Waals surface area (Å²) in [7, 11) is 3.51. The number of ether oxygens (including phenoxy) is 1. The predicted molar refractivity (Wildman–Crippen MR) is 112 cm³/mol. The van der Waals surface area contributed by atoms with Gasteiger partial charge in [-0.2, -0.15) is 0 Å². The van der Waals surface area contributed by atoms with Crippen molar-refractivity contribution in [3.8, 4) is 16.2 Å². The first kappa shape index (κ1) is 19.6. The first-order valence-electron chi connectivity index (χ1n) is 8.38. The Labute approximate surface area is 159 Å². The van der Waals surface area contributed by atoms with E-state index in [9.17, 15) is 0 Å². The molecule has 2 rings (SSSR count). The number of hydrogen-bond acceptors (Lipinski definition) is 4. The van der Waals surface area contributed by atoms with Gasteiger partial charge in [-0.25, -0.2) is 0 Å². The quantitative estimate of drug-likeness (QED) is 0.402. The fourth-order valence-electron chi connectivity index (χ4n) is 2.82. The molecule has 24 heavy (non-hydrogen) atoms. The number of rotatable bonds is 3. The summed E-state index contributed by atoms with van der Waals surface area (Å²) in [6, 6.07) is 4.45. The highest BCUT2D eigenvalue weighted by Crippen LogP contribution is 2.46. The van der Waals surface area contributed by atoms with Crippen LogP contribution in [0.3, 0.4) is 0 Å². The van der Waals surface area contributed by atoms with E-state index in [0.717, 1.165) is 9.57 Å². The van der Waals surface area contributed by atoms with Crippen LogP contribution in [0.5, 0.6) is 5.75 Å². The molecule has 0 aliphatic rings. The summed E-state index contributed by atoms with van der Waals surface area (Å²) in [5.74, 6) is 0.965. The molecule has 2 aromatic rings. The van der Waals surface area contributed by atoms with E-state index in [1.807, 2.05) is 6.92 Å². The van der Waals surface area contributed by atoms with Crippen molar-refractivity contribution in [3.63, 3.8) is 0 Å². The van der Waals surface area contributed by atoms with Gasteiger partial charge in [0.05, 0.1) is 11.5 Å². The molecule has 0 unspecified atom stereocenters. The molecular formula is C20H28OS3. The van der Waals surface area contributed by atoms with Gasteiger partial charge in [-0.1, -0.05) is 74.4 Å². The second-order valence-electron chi connectivity index (χ2n) is 8.23. The topological polar surface area (TPSA) is 9.23 Å². The zero-order valence-electron chi connectivity index (χ0n) is 16.0. The fourth-order valence-corrected chi connectivity index (χ4v) is 5.75. The summed E-state index contributed by atoms with van der Waals surface area (Å²) in [5.41, 5.74) is 5.33. The molecule has 0 atom stereocenters. The summed E-state index contributed by atoms with van der Waals surface area (Å²) >= 11 is 5.52. The Bertz CT molecular complexity index is 747. The van der Waals surface area contributed by atoms with Crippen LogP contribution >= 0.6 is 32.9 Å². The van der Waals surface area contributed by atoms with Crippen LogP contribution in [0.2, 0.25) is 0 Å². The van der Waals surface area contributed by atoms with Crippen molar-refractivity contribution in [2.24, 2.45) is 0 Å². The molecule has 0 aliphatic carbocycles. The van der Waals surface area contributed by atoms with Crippen LogP contribution in [0.25, 0.3) is 10.4 Å². The standard InChI is InChI=1S/C20H28OS3/c1-9-21-13-10-14(19(3,4)5)16(15(11-13)20(6,7)8)17-12(2)18(22)24-23-17/h10-11H,9H2,1-8H3. The summed E-state index contributed by atoms with van der Waals surface area (Å²) in [6.45, 7) is 18.5. The largest absolute Gasteiger partial charge is 0.494 e. The predicted octanol–water partition coefficient (Wildman–Crippen LogP) is 7.51. The molecule has 4 heteroatoms. The summed E-state index contributed by atoms with van der Waals surface area (Å²) in [6.07, 6.45) is 0. The van der Waals surface area contributed by atoms with Crippen molar-refractivity contribution < 1.29 is 4.74 Å². The Morgan fingerprint density at radius 2 is 1.46 bits per heavy atom. The van der Waals surface area contributed by atoms with Crippen molar-refractivity contribution in [1.82, 2.24) is 0 Å². The van der Waals surface area contributed by atoms with E-state index >= 15 is 0 Å². The second-order valence-corrected chi connectivity index (χ2v) is 11.1. The lowest BCUT2D eigenvalue weighted by Crippen LogP contribution is -2.19. The van der Waals surface area contributed by atoms with Gasteiger partial charge < -0.3 is 4.74 Å². The zero-order chi connectivity index (χ0) is 18.3. The molecule has 1 aromatic heterocycles. The molecule has 0 radical (unpaired) electrons. The molecule has 0 amide bonds. The van der Waals surface area contributed by atoms with E-state index in [2.05, 4.69) is 60.6 Å². The monoisotopic (exact) mass is 380 g/mol. The minimum atomic E-state index is 0.0329. The zero-order valence-corrected chi connectivity index (χ0v) is 18.4. The lowest BCUT2D eigenvalue weighted by Gasteiger charge is -2.31. The van der Waals surface area contributed by atoms with Gasteiger partial charge in [-0.3, -0.25) is 0 Å². The molecule has 0 saturated carbocycles. The molecular weight excluding hydrogens is 352 g/mol. The molecule has 132 valence electrons. The summed E-state index contributed by atoms with van der Waals surface area (Å²) in [4.78, 5) is 1.32.